The fourth-order valence-corrected chi connectivity index (χ4v) is 2.12. The molecule has 0 saturated carbocycles. The van der Waals surface area contributed by atoms with E-state index in [0.717, 1.165) is 10.0 Å². The highest BCUT2D eigenvalue weighted by atomic mass is 79.9. The van der Waals surface area contributed by atoms with Crippen LogP contribution in [-0.4, -0.2) is 16.1 Å². The lowest BCUT2D eigenvalue weighted by Gasteiger charge is -2.10. The first-order valence-electron chi connectivity index (χ1n) is 5.30. The Bertz CT molecular complexity index is 644. The molecule has 0 unspecified atom stereocenters. The van der Waals surface area contributed by atoms with Crippen LogP contribution in [0.15, 0.2) is 39.4 Å². The molecule has 0 atom stereocenters. The van der Waals surface area contributed by atoms with Gasteiger partial charge < -0.3 is 9.84 Å². The Morgan fingerprint density at radius 1 is 1.26 bits per heavy atom. The van der Waals surface area contributed by atoms with Gasteiger partial charge in [0.1, 0.15) is 11.3 Å². The summed E-state index contributed by atoms with van der Waals surface area (Å²) in [4.78, 5) is 15.2. The lowest BCUT2D eigenvalue weighted by Crippen LogP contribution is -2.02. The minimum Gasteiger partial charge on any atom is -0.477 e. The second kappa shape index (κ2) is 5.71. The van der Waals surface area contributed by atoms with E-state index in [0.29, 0.717) is 10.2 Å². The average Bonchev–Trinajstić information content (AvgIpc) is 2.35. The molecule has 4 nitrogen and oxygen atoms in total. The van der Waals surface area contributed by atoms with Crippen LogP contribution in [0.3, 0.4) is 0 Å². The Morgan fingerprint density at radius 3 is 2.68 bits per heavy atom. The lowest BCUT2D eigenvalue weighted by atomic mass is 10.2. The van der Waals surface area contributed by atoms with Gasteiger partial charge in [0, 0.05) is 15.1 Å². The smallest absolute Gasteiger partial charge is 0.341 e. The van der Waals surface area contributed by atoms with Crippen LogP contribution in [0.5, 0.6) is 11.6 Å². The zero-order valence-electron chi connectivity index (χ0n) is 9.85. The largest absolute Gasteiger partial charge is 0.477 e. The summed E-state index contributed by atoms with van der Waals surface area (Å²) in [6.45, 7) is 1.88. The Balaban J connectivity index is 2.43. The van der Waals surface area contributed by atoms with Gasteiger partial charge in [-0.15, -0.1) is 0 Å². The predicted octanol–water partition coefficient (Wildman–Crippen LogP) is 4.41. The molecular formula is C13H9Br2NO3. The third-order valence-electron chi connectivity index (χ3n) is 2.41. The molecule has 2 rings (SSSR count). The van der Waals surface area contributed by atoms with Gasteiger partial charge in [0.2, 0.25) is 5.88 Å². The molecule has 0 radical (unpaired) electrons. The zero-order valence-corrected chi connectivity index (χ0v) is 13.0. The van der Waals surface area contributed by atoms with Gasteiger partial charge in [-0.05, 0) is 46.6 Å². The van der Waals surface area contributed by atoms with Crippen LogP contribution in [-0.2, 0) is 0 Å². The maximum atomic E-state index is 11.2. The number of benzene rings is 1. The molecule has 0 bridgehead atoms. The number of hydrogen-bond donors (Lipinski definition) is 1. The first kappa shape index (κ1) is 14.0. The molecule has 1 N–H and O–H groups in total. The molecule has 0 spiro atoms. The number of carbonyl (C=O) groups is 1. The third-order valence-corrected chi connectivity index (χ3v) is 3.33. The molecule has 1 aromatic heterocycles. The van der Waals surface area contributed by atoms with Crippen molar-refractivity contribution in [2.45, 2.75) is 6.92 Å². The number of ether oxygens (including phenoxy) is 1. The standard InChI is InChI=1S/C13H9Br2NO3/c1-7-2-3-8(14)5-11(7)19-12-10(13(17)18)4-9(15)6-16-12/h2-6H,1H3,(H,17,18). The summed E-state index contributed by atoms with van der Waals surface area (Å²) in [6, 6.07) is 6.98. The molecule has 0 amide bonds. The van der Waals surface area contributed by atoms with Gasteiger partial charge in [-0.25, -0.2) is 9.78 Å². The Hall–Kier alpha value is -1.40. The Morgan fingerprint density at radius 2 is 2.00 bits per heavy atom. The number of nitrogens with zero attached hydrogens (tertiary/aromatic N) is 1. The summed E-state index contributed by atoms with van der Waals surface area (Å²) in [6.07, 6.45) is 1.50. The van der Waals surface area contributed by atoms with Gasteiger partial charge in [0.15, 0.2) is 0 Å². The van der Waals surface area contributed by atoms with Crippen LogP contribution < -0.4 is 4.74 Å². The van der Waals surface area contributed by atoms with Crippen molar-refractivity contribution in [1.29, 1.82) is 0 Å². The van der Waals surface area contributed by atoms with Gasteiger partial charge in [0.05, 0.1) is 0 Å². The monoisotopic (exact) mass is 385 g/mol. The summed E-state index contributed by atoms with van der Waals surface area (Å²) in [5, 5.41) is 9.14. The topological polar surface area (TPSA) is 59.4 Å². The van der Waals surface area contributed by atoms with Crippen molar-refractivity contribution in [2.24, 2.45) is 0 Å². The molecule has 98 valence electrons. The van der Waals surface area contributed by atoms with Crippen molar-refractivity contribution in [3.05, 3.63) is 50.5 Å². The maximum absolute atomic E-state index is 11.2. The van der Waals surface area contributed by atoms with E-state index >= 15 is 0 Å². The normalized spacial score (nSPS) is 10.3. The van der Waals surface area contributed by atoms with Crippen molar-refractivity contribution in [1.82, 2.24) is 4.98 Å². The van der Waals surface area contributed by atoms with E-state index in [1.54, 1.807) is 6.07 Å². The summed E-state index contributed by atoms with van der Waals surface area (Å²) in [7, 11) is 0. The summed E-state index contributed by atoms with van der Waals surface area (Å²) < 4.78 is 7.03. The van der Waals surface area contributed by atoms with Crippen molar-refractivity contribution in [3.63, 3.8) is 0 Å². The molecule has 0 aliphatic heterocycles. The number of aromatic carboxylic acids is 1. The number of pyridine rings is 1. The molecule has 0 saturated heterocycles. The minimum atomic E-state index is -1.09. The van der Waals surface area contributed by atoms with E-state index in [9.17, 15) is 4.79 Å². The fourth-order valence-electron chi connectivity index (χ4n) is 1.45. The molecule has 0 aliphatic rings. The van der Waals surface area contributed by atoms with E-state index in [1.165, 1.54) is 12.3 Å². The van der Waals surface area contributed by atoms with E-state index in [4.69, 9.17) is 9.84 Å². The number of halogens is 2. The molecule has 2 aromatic rings. The fraction of sp³-hybridized carbons (Fsp3) is 0.0769. The minimum absolute atomic E-state index is 0.00810. The lowest BCUT2D eigenvalue weighted by molar-refractivity contribution is 0.0693. The number of aromatic nitrogens is 1. The molecular weight excluding hydrogens is 378 g/mol. The molecule has 19 heavy (non-hydrogen) atoms. The van der Waals surface area contributed by atoms with Crippen molar-refractivity contribution in [3.8, 4) is 11.6 Å². The second-order valence-corrected chi connectivity index (χ2v) is 5.65. The van der Waals surface area contributed by atoms with Crippen LogP contribution in [0.25, 0.3) is 0 Å². The van der Waals surface area contributed by atoms with Crippen LogP contribution in [0.1, 0.15) is 15.9 Å². The predicted molar refractivity (Wildman–Crippen MR) is 77.8 cm³/mol. The Kier molecular flexibility index (Phi) is 4.21. The highest BCUT2D eigenvalue weighted by Crippen LogP contribution is 2.30. The summed E-state index contributed by atoms with van der Waals surface area (Å²) in [5.41, 5.74) is 0.901. The van der Waals surface area contributed by atoms with Crippen LogP contribution in [0, 0.1) is 6.92 Å². The number of carboxylic acids is 1. The number of hydrogen-bond acceptors (Lipinski definition) is 3. The maximum Gasteiger partial charge on any atom is 0.341 e. The van der Waals surface area contributed by atoms with Crippen molar-refractivity contribution >= 4 is 37.8 Å². The SMILES string of the molecule is Cc1ccc(Br)cc1Oc1ncc(Br)cc1C(=O)O. The van der Waals surface area contributed by atoms with Gasteiger partial charge in [-0.3, -0.25) is 0 Å². The Labute approximate surface area is 126 Å². The molecule has 0 aliphatic carbocycles. The second-order valence-electron chi connectivity index (χ2n) is 3.82. The molecule has 6 heteroatoms. The van der Waals surface area contributed by atoms with Gasteiger partial charge in [0.25, 0.3) is 0 Å². The average molecular weight is 387 g/mol. The van der Waals surface area contributed by atoms with Crippen LogP contribution >= 0.6 is 31.9 Å². The van der Waals surface area contributed by atoms with Gasteiger partial charge in [-0.1, -0.05) is 22.0 Å². The number of carboxylic acid groups (broad SMARTS) is 1. The number of aryl methyl sites for hydroxylation is 1. The first-order chi connectivity index (χ1) is 8.97. The van der Waals surface area contributed by atoms with Crippen molar-refractivity contribution in [2.75, 3.05) is 0 Å². The highest BCUT2D eigenvalue weighted by Gasteiger charge is 2.15. The van der Waals surface area contributed by atoms with Crippen molar-refractivity contribution < 1.29 is 14.6 Å². The van der Waals surface area contributed by atoms with Crippen LogP contribution in [0.4, 0.5) is 0 Å². The van der Waals surface area contributed by atoms with Crippen LogP contribution in [0.2, 0.25) is 0 Å². The van der Waals surface area contributed by atoms with Gasteiger partial charge in [-0.2, -0.15) is 0 Å². The summed E-state index contributed by atoms with van der Waals surface area (Å²) in [5.74, 6) is -0.458. The molecule has 1 aromatic carbocycles. The summed E-state index contributed by atoms with van der Waals surface area (Å²) >= 11 is 6.53. The first-order valence-corrected chi connectivity index (χ1v) is 6.89. The van der Waals surface area contributed by atoms with E-state index in [1.807, 2.05) is 19.1 Å². The van der Waals surface area contributed by atoms with E-state index in [2.05, 4.69) is 36.8 Å². The van der Waals surface area contributed by atoms with E-state index in [-0.39, 0.29) is 11.4 Å². The van der Waals surface area contributed by atoms with E-state index < -0.39 is 5.97 Å². The quantitative estimate of drug-likeness (QED) is 0.848. The third kappa shape index (κ3) is 3.33. The highest BCUT2D eigenvalue weighted by molar-refractivity contribution is 9.10. The molecule has 0 fully saturated rings. The van der Waals surface area contributed by atoms with Gasteiger partial charge >= 0.3 is 5.97 Å². The molecule has 1 heterocycles. The number of rotatable bonds is 3. The zero-order chi connectivity index (χ0) is 14.0.